The number of fused-ring (bicyclic) bond motifs is 2. The number of aromatic nitrogens is 4. The summed E-state index contributed by atoms with van der Waals surface area (Å²) in [5.74, 6) is 0.509. The maximum absolute atomic E-state index is 13.6. The molecule has 0 saturated heterocycles. The van der Waals surface area contributed by atoms with Gasteiger partial charge in [0.1, 0.15) is 36.9 Å². The third-order valence-corrected chi connectivity index (χ3v) is 6.00. The van der Waals surface area contributed by atoms with Gasteiger partial charge in [0, 0.05) is 18.1 Å². The number of anilines is 2. The monoisotopic (exact) mass is 500 g/mol. The van der Waals surface area contributed by atoms with Crippen molar-refractivity contribution < 1.29 is 19.0 Å². The molecular formula is C27H25FN6O3. The van der Waals surface area contributed by atoms with Gasteiger partial charge in [-0.15, -0.1) is 0 Å². The van der Waals surface area contributed by atoms with Crippen LogP contribution in [0.15, 0.2) is 73.2 Å². The van der Waals surface area contributed by atoms with Crippen LogP contribution in [-0.4, -0.2) is 62.5 Å². The van der Waals surface area contributed by atoms with Crippen LogP contribution in [0.1, 0.15) is 5.56 Å². The molecule has 2 heterocycles. The normalized spacial score (nSPS) is 11.1. The minimum absolute atomic E-state index is 0.242. The van der Waals surface area contributed by atoms with Crippen molar-refractivity contribution in [2.75, 3.05) is 32.1 Å². The topological polar surface area (TPSA) is 105 Å². The summed E-state index contributed by atoms with van der Waals surface area (Å²) in [6.45, 7) is 0.486. The van der Waals surface area contributed by atoms with Gasteiger partial charge >= 0.3 is 0 Å². The smallest absolute Gasteiger partial charge is 0.248 e. The van der Waals surface area contributed by atoms with E-state index < -0.39 is 6.61 Å². The van der Waals surface area contributed by atoms with Gasteiger partial charge < -0.3 is 20.1 Å². The number of halogens is 1. The van der Waals surface area contributed by atoms with Crippen molar-refractivity contribution in [3.05, 3.63) is 84.6 Å². The van der Waals surface area contributed by atoms with Crippen LogP contribution in [-0.2, 0) is 11.3 Å². The SMILES string of the molecule is CN(CCOc1cccc2ncnc(Nc3ccc4c(cnn4Cc4cccc(F)c4)c3)c12)C(=O)CO. The van der Waals surface area contributed by atoms with Crippen LogP contribution in [0.2, 0.25) is 0 Å². The average molecular weight is 501 g/mol. The lowest BCUT2D eigenvalue weighted by molar-refractivity contribution is -0.133. The van der Waals surface area contributed by atoms with Gasteiger partial charge in [-0.05, 0) is 48.0 Å². The van der Waals surface area contributed by atoms with E-state index in [1.165, 1.54) is 23.4 Å². The van der Waals surface area contributed by atoms with Gasteiger partial charge in [0.05, 0.1) is 35.7 Å². The molecule has 0 aliphatic heterocycles. The van der Waals surface area contributed by atoms with Crippen molar-refractivity contribution in [3.63, 3.8) is 0 Å². The number of nitrogens with one attached hydrogen (secondary N) is 1. The summed E-state index contributed by atoms with van der Waals surface area (Å²) >= 11 is 0. The second kappa shape index (κ2) is 10.6. The molecule has 10 heteroatoms. The van der Waals surface area contributed by atoms with E-state index in [9.17, 15) is 9.18 Å². The van der Waals surface area contributed by atoms with Crippen molar-refractivity contribution in [2.24, 2.45) is 0 Å². The van der Waals surface area contributed by atoms with Crippen molar-refractivity contribution in [2.45, 2.75) is 6.54 Å². The summed E-state index contributed by atoms with van der Waals surface area (Å²) in [5, 5.41) is 18.5. The maximum atomic E-state index is 13.6. The molecule has 0 aliphatic rings. The van der Waals surface area contributed by atoms with Gasteiger partial charge in [0.2, 0.25) is 5.91 Å². The first-order valence-corrected chi connectivity index (χ1v) is 11.7. The van der Waals surface area contributed by atoms with Gasteiger partial charge in [-0.25, -0.2) is 14.4 Å². The van der Waals surface area contributed by atoms with E-state index in [4.69, 9.17) is 9.84 Å². The quantitative estimate of drug-likeness (QED) is 0.318. The number of rotatable bonds is 9. The fraction of sp³-hybridized carbons (Fsp3) is 0.185. The summed E-state index contributed by atoms with van der Waals surface area (Å²) in [6, 6.07) is 17.9. The molecule has 0 fully saturated rings. The molecule has 0 unspecified atom stereocenters. The number of carbonyl (C=O) groups excluding carboxylic acids is 1. The van der Waals surface area contributed by atoms with E-state index >= 15 is 0 Å². The number of amides is 1. The maximum Gasteiger partial charge on any atom is 0.248 e. The molecule has 5 rings (SSSR count). The molecule has 0 aliphatic carbocycles. The van der Waals surface area contributed by atoms with E-state index in [1.54, 1.807) is 19.3 Å². The highest BCUT2D eigenvalue weighted by atomic mass is 19.1. The molecule has 9 nitrogen and oxygen atoms in total. The number of ether oxygens (including phenoxy) is 1. The zero-order chi connectivity index (χ0) is 25.8. The van der Waals surface area contributed by atoms with Crippen molar-refractivity contribution in [1.29, 1.82) is 0 Å². The van der Waals surface area contributed by atoms with Crippen LogP contribution in [0, 0.1) is 5.82 Å². The van der Waals surface area contributed by atoms with Crippen molar-refractivity contribution >= 4 is 39.2 Å². The van der Waals surface area contributed by atoms with Crippen LogP contribution < -0.4 is 10.1 Å². The second-order valence-electron chi connectivity index (χ2n) is 8.53. The highest BCUT2D eigenvalue weighted by Crippen LogP contribution is 2.32. The molecule has 0 saturated carbocycles. The van der Waals surface area contributed by atoms with Crippen molar-refractivity contribution in [3.8, 4) is 5.75 Å². The molecule has 188 valence electrons. The van der Waals surface area contributed by atoms with E-state index in [0.717, 1.165) is 22.2 Å². The van der Waals surface area contributed by atoms with Crippen LogP contribution in [0.4, 0.5) is 15.9 Å². The lowest BCUT2D eigenvalue weighted by Crippen LogP contribution is -2.32. The molecular weight excluding hydrogens is 475 g/mol. The first-order valence-electron chi connectivity index (χ1n) is 11.7. The zero-order valence-electron chi connectivity index (χ0n) is 20.1. The first kappa shape index (κ1) is 24.1. The fourth-order valence-corrected chi connectivity index (χ4v) is 4.07. The Labute approximate surface area is 212 Å². The Morgan fingerprint density at radius 3 is 2.84 bits per heavy atom. The summed E-state index contributed by atoms with van der Waals surface area (Å²) in [7, 11) is 1.61. The Kier molecular flexibility index (Phi) is 6.91. The molecule has 2 N–H and O–H groups in total. The average Bonchev–Trinajstić information content (AvgIpc) is 3.30. The Morgan fingerprint density at radius 2 is 2.00 bits per heavy atom. The Bertz CT molecular complexity index is 1570. The Balaban J connectivity index is 1.37. The Morgan fingerprint density at radius 1 is 1.14 bits per heavy atom. The summed E-state index contributed by atoms with van der Waals surface area (Å²) in [5.41, 5.74) is 3.27. The predicted molar refractivity (Wildman–Crippen MR) is 138 cm³/mol. The summed E-state index contributed by atoms with van der Waals surface area (Å²) < 4.78 is 21.4. The highest BCUT2D eigenvalue weighted by Gasteiger charge is 2.13. The predicted octanol–water partition coefficient (Wildman–Crippen LogP) is 3.74. The van der Waals surface area contributed by atoms with Gasteiger partial charge in [0.25, 0.3) is 0 Å². The number of aliphatic hydroxyl groups is 1. The van der Waals surface area contributed by atoms with Crippen LogP contribution >= 0.6 is 0 Å². The number of hydrogen-bond acceptors (Lipinski definition) is 7. The highest BCUT2D eigenvalue weighted by molar-refractivity contribution is 5.96. The van der Waals surface area contributed by atoms with Crippen LogP contribution in [0.25, 0.3) is 21.8 Å². The Hall–Kier alpha value is -4.57. The number of carbonyl (C=O) groups is 1. The van der Waals surface area contributed by atoms with E-state index in [-0.39, 0.29) is 18.3 Å². The molecule has 0 atom stereocenters. The molecule has 0 spiro atoms. The molecule has 1 amide bonds. The lowest BCUT2D eigenvalue weighted by atomic mass is 10.2. The van der Waals surface area contributed by atoms with Gasteiger partial charge in [-0.2, -0.15) is 5.10 Å². The van der Waals surface area contributed by atoms with Gasteiger partial charge in [0.15, 0.2) is 0 Å². The van der Waals surface area contributed by atoms with E-state index in [2.05, 4.69) is 20.4 Å². The third-order valence-electron chi connectivity index (χ3n) is 6.00. The molecule has 5 aromatic rings. The minimum atomic E-state index is -0.541. The molecule has 2 aromatic heterocycles. The lowest BCUT2D eigenvalue weighted by Gasteiger charge is -2.17. The summed E-state index contributed by atoms with van der Waals surface area (Å²) in [4.78, 5) is 21.8. The van der Waals surface area contributed by atoms with Crippen LogP contribution in [0.3, 0.4) is 0 Å². The van der Waals surface area contributed by atoms with Gasteiger partial charge in [-0.3, -0.25) is 9.48 Å². The number of hydrogen-bond donors (Lipinski definition) is 2. The van der Waals surface area contributed by atoms with Crippen LogP contribution in [0.5, 0.6) is 5.75 Å². The second-order valence-corrected chi connectivity index (χ2v) is 8.53. The molecule has 0 radical (unpaired) electrons. The zero-order valence-corrected chi connectivity index (χ0v) is 20.1. The number of benzene rings is 3. The minimum Gasteiger partial charge on any atom is -0.491 e. The number of nitrogens with zero attached hydrogens (tertiary/aromatic N) is 5. The largest absolute Gasteiger partial charge is 0.491 e. The number of likely N-dealkylation sites (N-methyl/N-ethyl adjacent to an activating group) is 1. The van der Waals surface area contributed by atoms with Gasteiger partial charge in [-0.1, -0.05) is 18.2 Å². The molecule has 37 heavy (non-hydrogen) atoms. The van der Waals surface area contributed by atoms with E-state index in [1.807, 2.05) is 47.1 Å². The fourth-order valence-electron chi connectivity index (χ4n) is 4.07. The first-order chi connectivity index (χ1) is 18.0. The number of aliphatic hydroxyl groups excluding tert-OH is 1. The van der Waals surface area contributed by atoms with Crippen molar-refractivity contribution in [1.82, 2.24) is 24.6 Å². The summed E-state index contributed by atoms with van der Waals surface area (Å²) in [6.07, 6.45) is 3.26. The third kappa shape index (κ3) is 5.34. The van der Waals surface area contributed by atoms with E-state index in [0.29, 0.717) is 35.6 Å². The molecule has 0 bridgehead atoms. The standard InChI is InChI=1S/C27H25FN6O3/c1-33(25(36)16-35)10-11-37-24-7-3-6-22-26(24)27(30-17-29-22)32-21-8-9-23-19(13-21)14-31-34(23)15-18-4-2-5-20(28)12-18/h2-9,12-14,17,35H,10-11,15-16H2,1H3,(H,29,30,32). The molecule has 3 aromatic carbocycles.